The lowest BCUT2D eigenvalue weighted by atomic mass is 9.96. The molecule has 2 aromatic carbocycles. The van der Waals surface area contributed by atoms with Crippen LogP contribution in [0, 0.1) is 6.92 Å². The van der Waals surface area contributed by atoms with Gasteiger partial charge in [0.05, 0.1) is 24.9 Å². The summed E-state index contributed by atoms with van der Waals surface area (Å²) in [4.78, 5) is 18.2. The van der Waals surface area contributed by atoms with Gasteiger partial charge in [-0.05, 0) is 92.3 Å². The van der Waals surface area contributed by atoms with Gasteiger partial charge in [0, 0.05) is 42.1 Å². The van der Waals surface area contributed by atoms with E-state index >= 15 is 0 Å². The van der Waals surface area contributed by atoms with Gasteiger partial charge in [-0.15, -0.1) is 0 Å². The third-order valence-corrected chi connectivity index (χ3v) is 9.45. The van der Waals surface area contributed by atoms with Gasteiger partial charge in [-0.25, -0.2) is 0 Å². The number of aliphatic hydroxyl groups excluding tert-OH is 5. The minimum absolute atomic E-state index is 0.293. The number of pyridine rings is 1. The van der Waals surface area contributed by atoms with Crippen LogP contribution in [0.5, 0.6) is 5.75 Å². The summed E-state index contributed by atoms with van der Waals surface area (Å²) in [6.45, 7) is 1.90. The molecule has 2 fully saturated rings. The van der Waals surface area contributed by atoms with Crippen molar-refractivity contribution in [3.8, 4) is 16.9 Å². The van der Waals surface area contributed by atoms with Gasteiger partial charge in [0.1, 0.15) is 24.1 Å². The lowest BCUT2D eigenvalue weighted by molar-refractivity contribution is -0.157. The van der Waals surface area contributed by atoms with Crippen molar-refractivity contribution in [1.82, 2.24) is 9.88 Å². The van der Waals surface area contributed by atoms with E-state index in [2.05, 4.69) is 17.1 Å². The maximum Gasteiger partial charge on any atom is 0.253 e. The molecule has 254 valence electrons. The second kappa shape index (κ2) is 15.4. The second-order valence-electron chi connectivity index (χ2n) is 12.8. The van der Waals surface area contributed by atoms with Crippen molar-refractivity contribution in [3.63, 3.8) is 0 Å². The molecular formula is C36H45ClN2O8. The maximum absolute atomic E-state index is 12.5. The van der Waals surface area contributed by atoms with E-state index in [9.17, 15) is 25.2 Å². The molecule has 2 aliphatic carbocycles. The molecule has 5 rings (SSSR count). The highest BCUT2D eigenvalue weighted by Crippen LogP contribution is 2.53. The van der Waals surface area contributed by atoms with Crippen LogP contribution in [0.4, 0.5) is 0 Å². The lowest BCUT2D eigenvalue weighted by Gasteiger charge is -2.28. The number of halogens is 1. The fourth-order valence-corrected chi connectivity index (χ4v) is 6.04. The first-order chi connectivity index (χ1) is 22.5. The summed E-state index contributed by atoms with van der Waals surface area (Å²) in [5.41, 5.74) is 5.83. The minimum Gasteiger partial charge on any atom is -0.490 e. The zero-order valence-corrected chi connectivity index (χ0v) is 27.6. The van der Waals surface area contributed by atoms with Crippen LogP contribution in [0.25, 0.3) is 11.1 Å². The van der Waals surface area contributed by atoms with E-state index in [0.29, 0.717) is 30.7 Å². The van der Waals surface area contributed by atoms with Crippen LogP contribution >= 0.6 is 11.6 Å². The molecule has 0 unspecified atom stereocenters. The van der Waals surface area contributed by atoms with Gasteiger partial charge in [-0.2, -0.15) is 0 Å². The third kappa shape index (κ3) is 8.50. The van der Waals surface area contributed by atoms with Gasteiger partial charge in [0.2, 0.25) is 0 Å². The van der Waals surface area contributed by atoms with Crippen LogP contribution in [-0.4, -0.2) is 92.0 Å². The average Bonchev–Trinajstić information content (AvgIpc) is 4.03. The Morgan fingerprint density at radius 1 is 1.04 bits per heavy atom. The molecule has 2 aliphatic rings. The van der Waals surface area contributed by atoms with E-state index in [1.807, 2.05) is 49.6 Å². The van der Waals surface area contributed by atoms with Gasteiger partial charge in [-0.1, -0.05) is 35.9 Å². The van der Waals surface area contributed by atoms with Crippen LogP contribution in [-0.2, 0) is 28.2 Å². The van der Waals surface area contributed by atoms with Crippen molar-refractivity contribution in [2.24, 2.45) is 0 Å². The Morgan fingerprint density at radius 2 is 1.79 bits per heavy atom. The Labute approximate surface area is 280 Å². The maximum atomic E-state index is 12.5. The average molecular weight is 669 g/mol. The molecule has 0 bridgehead atoms. The van der Waals surface area contributed by atoms with Crippen LogP contribution in [0.15, 0.2) is 54.9 Å². The molecule has 0 saturated heterocycles. The zero-order chi connectivity index (χ0) is 33.7. The normalized spacial score (nSPS) is 17.9. The molecule has 0 aliphatic heterocycles. The molecule has 5 N–H and O–H groups in total. The Bertz CT molecular complexity index is 1530. The summed E-state index contributed by atoms with van der Waals surface area (Å²) in [7, 11) is 1.49. The second-order valence-corrected chi connectivity index (χ2v) is 13.2. The number of para-hydroxylation sites is 1. The largest absolute Gasteiger partial charge is 0.490 e. The number of nitrogens with zero attached hydrogens (tertiary/aromatic N) is 2. The van der Waals surface area contributed by atoms with Crippen LogP contribution < -0.4 is 4.74 Å². The Morgan fingerprint density at radius 3 is 2.49 bits per heavy atom. The Kier molecular flexibility index (Phi) is 11.6. The molecule has 0 spiro atoms. The summed E-state index contributed by atoms with van der Waals surface area (Å²) in [6, 6.07) is 14.2. The highest BCUT2D eigenvalue weighted by molar-refractivity contribution is 6.31. The molecule has 1 amide bonds. The van der Waals surface area contributed by atoms with Gasteiger partial charge >= 0.3 is 0 Å². The van der Waals surface area contributed by atoms with E-state index in [4.69, 9.17) is 26.2 Å². The lowest BCUT2D eigenvalue weighted by Crippen LogP contribution is -2.52. The Hall–Kier alpha value is -3.09. The molecule has 3 aromatic rings. The summed E-state index contributed by atoms with van der Waals surface area (Å²) in [5, 5.41) is 49.0. The molecule has 2 saturated carbocycles. The first-order valence-corrected chi connectivity index (χ1v) is 16.6. The summed E-state index contributed by atoms with van der Waals surface area (Å²) in [5.74, 6) is 0.102. The van der Waals surface area contributed by atoms with Crippen molar-refractivity contribution in [2.45, 2.75) is 94.6 Å². The predicted molar refractivity (Wildman–Crippen MR) is 177 cm³/mol. The van der Waals surface area contributed by atoms with Gasteiger partial charge < -0.3 is 39.9 Å². The molecule has 1 heterocycles. The minimum atomic E-state index is -1.93. The topological polar surface area (TPSA) is 153 Å². The van der Waals surface area contributed by atoms with Gasteiger partial charge in [-0.3, -0.25) is 9.78 Å². The highest BCUT2D eigenvalue weighted by atomic mass is 35.5. The molecule has 47 heavy (non-hydrogen) atoms. The number of unbranched alkanes of at least 4 members (excludes halogenated alkanes) is 1. The number of aryl methyl sites for hydroxylation is 2. The number of benzene rings is 2. The van der Waals surface area contributed by atoms with Crippen molar-refractivity contribution in [2.75, 3.05) is 20.2 Å². The monoisotopic (exact) mass is 668 g/mol. The molecule has 10 nitrogen and oxygen atoms in total. The van der Waals surface area contributed by atoms with E-state index in [-0.39, 0.29) is 0 Å². The number of aromatic nitrogens is 1. The van der Waals surface area contributed by atoms with E-state index in [1.54, 1.807) is 0 Å². The molecule has 4 atom stereocenters. The molecule has 1 aromatic heterocycles. The van der Waals surface area contributed by atoms with Crippen LogP contribution in [0.1, 0.15) is 60.8 Å². The highest BCUT2D eigenvalue weighted by Gasteiger charge is 2.48. The summed E-state index contributed by atoms with van der Waals surface area (Å²) < 4.78 is 12.8. The van der Waals surface area contributed by atoms with Gasteiger partial charge in [0.15, 0.2) is 6.10 Å². The smallest absolute Gasteiger partial charge is 0.253 e. The number of likely N-dealkylation sites (N-methyl/N-ethyl adjacent to an activating group) is 1. The van der Waals surface area contributed by atoms with Crippen molar-refractivity contribution in [3.05, 3.63) is 82.1 Å². The van der Waals surface area contributed by atoms with Crippen molar-refractivity contribution >= 4 is 17.5 Å². The SMILES string of the molecule is Cc1cc(COC2(c3cnccc3-c3ccccc3OC3CC3)CC2)c(Cl)cc1CCCCN(C)C(=O)[C@@H](O)[C@@H](O)[C@H](O)[C@@H](O)CO. The standard InChI is InChI=1S/C36H45ClN2O8/c1-22-17-24(29(37)18-23(22)7-5-6-16-39(2)35(45)34(44)33(43)32(42)30(41)20-40)21-46-36(13-14-36)28-19-38-15-12-26(28)27-8-3-4-9-31(27)47-25-10-11-25/h3-4,8-9,12,15,17-19,25,30,32-34,40-44H,5-7,10-11,13-14,16,20-21H2,1-2H3/t30-,32+,33-,34-/m0/s1. The van der Waals surface area contributed by atoms with Crippen molar-refractivity contribution < 1.29 is 39.8 Å². The first kappa shape index (κ1) is 35.2. The number of hydrogen-bond donors (Lipinski definition) is 5. The van der Waals surface area contributed by atoms with E-state index in [1.165, 1.54) is 11.9 Å². The fourth-order valence-electron chi connectivity index (χ4n) is 5.80. The van der Waals surface area contributed by atoms with Crippen LogP contribution in [0.3, 0.4) is 0 Å². The third-order valence-electron chi connectivity index (χ3n) is 9.09. The predicted octanol–water partition coefficient (Wildman–Crippen LogP) is 3.67. The number of hydrogen-bond acceptors (Lipinski definition) is 9. The number of amides is 1. The number of ether oxygens (including phenoxy) is 2. The number of carbonyl (C=O) groups excluding carboxylic acids is 1. The molecular weight excluding hydrogens is 624 g/mol. The first-order valence-electron chi connectivity index (χ1n) is 16.2. The number of aliphatic hydroxyl groups is 5. The van der Waals surface area contributed by atoms with Crippen LogP contribution in [0.2, 0.25) is 5.02 Å². The molecule has 11 heteroatoms. The van der Waals surface area contributed by atoms with E-state index < -0.39 is 42.5 Å². The van der Waals surface area contributed by atoms with Crippen molar-refractivity contribution in [1.29, 1.82) is 0 Å². The summed E-state index contributed by atoms with van der Waals surface area (Å²) >= 11 is 6.76. The zero-order valence-electron chi connectivity index (χ0n) is 26.9. The quantitative estimate of drug-likeness (QED) is 0.136. The van der Waals surface area contributed by atoms with E-state index in [0.717, 1.165) is 77.7 Å². The molecule has 0 radical (unpaired) electrons. The fraction of sp³-hybridized carbons (Fsp3) is 0.500. The Balaban J connectivity index is 1.16. The number of rotatable bonds is 17. The number of carbonyl (C=O) groups is 1. The summed E-state index contributed by atoms with van der Waals surface area (Å²) in [6.07, 6.45) is 2.69. The van der Waals surface area contributed by atoms with Gasteiger partial charge in [0.25, 0.3) is 5.91 Å².